The molecule has 1 aromatic rings. The highest BCUT2D eigenvalue weighted by Crippen LogP contribution is 2.06. The summed E-state index contributed by atoms with van der Waals surface area (Å²) >= 11 is 0. The number of aliphatic hydroxyl groups is 3. The quantitative estimate of drug-likeness (QED) is 0.684. The number of hydrogen-bond donors (Lipinski definition) is 3. The van der Waals surface area contributed by atoms with E-state index in [-0.39, 0.29) is 13.2 Å². The molecule has 1 rings (SSSR count). The van der Waals surface area contributed by atoms with Gasteiger partial charge in [0, 0.05) is 0 Å². The van der Waals surface area contributed by atoms with Gasteiger partial charge in [-0.25, -0.2) is 0 Å². The molecule has 0 saturated heterocycles. The second kappa shape index (κ2) is 7.40. The van der Waals surface area contributed by atoms with Crippen LogP contribution in [0.3, 0.4) is 0 Å². The predicted octanol–water partition coefficient (Wildman–Crippen LogP) is 0.944. The summed E-state index contributed by atoms with van der Waals surface area (Å²) in [4.78, 5) is 0. The third kappa shape index (κ3) is 7.08. The zero-order chi connectivity index (χ0) is 11.8. The first-order chi connectivity index (χ1) is 6.99. The lowest BCUT2D eigenvalue weighted by Crippen LogP contribution is -2.15. The van der Waals surface area contributed by atoms with E-state index < -0.39 is 6.10 Å². The molecular formula is C12H20O3. The van der Waals surface area contributed by atoms with Crippen LogP contribution in [0.1, 0.15) is 16.7 Å². The average Bonchev–Trinajstić information content (AvgIpc) is 2.15. The fourth-order valence-electron chi connectivity index (χ4n) is 1.26. The largest absolute Gasteiger partial charge is 0.394 e. The van der Waals surface area contributed by atoms with Crippen molar-refractivity contribution in [2.24, 2.45) is 0 Å². The zero-order valence-corrected chi connectivity index (χ0v) is 9.57. The van der Waals surface area contributed by atoms with Crippen molar-refractivity contribution in [1.82, 2.24) is 0 Å². The SMILES string of the molecule is Cc1cc(C)cc(C)c1.OCC(O)CO. The number of rotatable bonds is 2. The monoisotopic (exact) mass is 212 g/mol. The fraction of sp³-hybridized carbons (Fsp3) is 0.500. The van der Waals surface area contributed by atoms with E-state index >= 15 is 0 Å². The summed E-state index contributed by atoms with van der Waals surface area (Å²) in [6.07, 6.45) is -0.954. The second-order valence-corrected chi connectivity index (χ2v) is 3.68. The maximum absolute atomic E-state index is 8.17. The predicted molar refractivity (Wildman–Crippen MR) is 60.8 cm³/mol. The molecule has 3 heteroatoms. The highest BCUT2D eigenvalue weighted by atomic mass is 16.3. The third-order valence-electron chi connectivity index (χ3n) is 1.79. The van der Waals surface area contributed by atoms with Gasteiger partial charge in [0.25, 0.3) is 0 Å². The van der Waals surface area contributed by atoms with Crippen LogP contribution in [-0.2, 0) is 0 Å². The van der Waals surface area contributed by atoms with Gasteiger partial charge in [-0.1, -0.05) is 34.9 Å². The molecular weight excluding hydrogens is 192 g/mol. The molecule has 0 aliphatic carbocycles. The summed E-state index contributed by atoms with van der Waals surface area (Å²) in [7, 11) is 0. The highest BCUT2D eigenvalue weighted by Gasteiger charge is 1.93. The van der Waals surface area contributed by atoms with Gasteiger partial charge in [-0.3, -0.25) is 0 Å². The molecule has 0 spiro atoms. The number of aryl methyl sites for hydroxylation is 3. The lowest BCUT2D eigenvalue weighted by molar-refractivity contribution is 0.0450. The Labute approximate surface area is 91.0 Å². The summed E-state index contributed by atoms with van der Waals surface area (Å²) < 4.78 is 0. The lowest BCUT2D eigenvalue weighted by atomic mass is 10.1. The molecule has 3 nitrogen and oxygen atoms in total. The Balaban J connectivity index is 0.000000288. The molecule has 86 valence electrons. The van der Waals surface area contributed by atoms with E-state index in [9.17, 15) is 0 Å². The summed E-state index contributed by atoms with van der Waals surface area (Å²) in [5.41, 5.74) is 4.06. The first-order valence-electron chi connectivity index (χ1n) is 4.94. The van der Waals surface area contributed by atoms with E-state index in [1.165, 1.54) is 16.7 Å². The maximum Gasteiger partial charge on any atom is 0.100 e. The van der Waals surface area contributed by atoms with Crippen molar-refractivity contribution in [1.29, 1.82) is 0 Å². The summed E-state index contributed by atoms with van der Waals surface area (Å²) in [5, 5.41) is 24.0. The van der Waals surface area contributed by atoms with Crippen molar-refractivity contribution in [3.8, 4) is 0 Å². The molecule has 0 aliphatic heterocycles. The van der Waals surface area contributed by atoms with Crippen LogP contribution >= 0.6 is 0 Å². The van der Waals surface area contributed by atoms with Gasteiger partial charge in [0.05, 0.1) is 13.2 Å². The van der Waals surface area contributed by atoms with E-state index in [0.29, 0.717) is 0 Å². The van der Waals surface area contributed by atoms with Crippen molar-refractivity contribution in [2.45, 2.75) is 26.9 Å². The van der Waals surface area contributed by atoms with Crippen LogP contribution in [0, 0.1) is 20.8 Å². The average molecular weight is 212 g/mol. The Bertz CT molecular complexity index is 230. The van der Waals surface area contributed by atoms with Crippen LogP contribution in [0.2, 0.25) is 0 Å². The molecule has 0 radical (unpaired) electrons. The van der Waals surface area contributed by atoms with Crippen LogP contribution in [-0.4, -0.2) is 34.6 Å². The molecule has 3 N–H and O–H groups in total. The van der Waals surface area contributed by atoms with E-state index in [0.717, 1.165) is 0 Å². The molecule has 0 atom stereocenters. The first kappa shape index (κ1) is 14.1. The molecule has 0 amide bonds. The third-order valence-corrected chi connectivity index (χ3v) is 1.79. The Morgan fingerprint density at radius 2 is 1.13 bits per heavy atom. The fourth-order valence-corrected chi connectivity index (χ4v) is 1.26. The first-order valence-corrected chi connectivity index (χ1v) is 4.94. The van der Waals surface area contributed by atoms with Gasteiger partial charge < -0.3 is 15.3 Å². The van der Waals surface area contributed by atoms with Crippen LogP contribution in [0.5, 0.6) is 0 Å². The maximum atomic E-state index is 8.17. The Morgan fingerprint density at radius 3 is 1.27 bits per heavy atom. The van der Waals surface area contributed by atoms with Crippen molar-refractivity contribution < 1.29 is 15.3 Å². The summed E-state index contributed by atoms with van der Waals surface area (Å²) in [6.45, 7) is 5.65. The molecule has 0 bridgehead atoms. The van der Waals surface area contributed by atoms with Crippen LogP contribution in [0.25, 0.3) is 0 Å². The minimum Gasteiger partial charge on any atom is -0.394 e. The van der Waals surface area contributed by atoms with E-state index in [1.54, 1.807) is 0 Å². The van der Waals surface area contributed by atoms with Crippen molar-refractivity contribution in [3.63, 3.8) is 0 Å². The minimum atomic E-state index is -0.954. The van der Waals surface area contributed by atoms with Crippen LogP contribution in [0.4, 0.5) is 0 Å². The van der Waals surface area contributed by atoms with Crippen molar-refractivity contribution in [2.75, 3.05) is 13.2 Å². The minimum absolute atomic E-state index is 0.365. The topological polar surface area (TPSA) is 60.7 Å². The van der Waals surface area contributed by atoms with Crippen molar-refractivity contribution >= 4 is 0 Å². The number of benzene rings is 1. The number of hydrogen-bond acceptors (Lipinski definition) is 3. The van der Waals surface area contributed by atoms with Gasteiger partial charge in [0.2, 0.25) is 0 Å². The Kier molecular flexibility index (Phi) is 6.96. The summed E-state index contributed by atoms with van der Waals surface area (Å²) in [6, 6.07) is 6.56. The summed E-state index contributed by atoms with van der Waals surface area (Å²) in [5.74, 6) is 0. The molecule has 1 aromatic carbocycles. The normalized spacial score (nSPS) is 9.80. The van der Waals surface area contributed by atoms with Gasteiger partial charge in [-0.2, -0.15) is 0 Å². The van der Waals surface area contributed by atoms with Gasteiger partial charge in [0.1, 0.15) is 6.10 Å². The molecule has 0 heterocycles. The van der Waals surface area contributed by atoms with E-state index in [1.807, 2.05) is 0 Å². The highest BCUT2D eigenvalue weighted by molar-refractivity contribution is 5.27. The van der Waals surface area contributed by atoms with Gasteiger partial charge in [-0.05, 0) is 20.8 Å². The Morgan fingerprint density at radius 1 is 0.867 bits per heavy atom. The molecule has 0 fully saturated rings. The van der Waals surface area contributed by atoms with Crippen LogP contribution in [0.15, 0.2) is 18.2 Å². The Hall–Kier alpha value is -0.900. The van der Waals surface area contributed by atoms with E-state index in [4.69, 9.17) is 15.3 Å². The second-order valence-electron chi connectivity index (χ2n) is 3.68. The molecule has 0 aromatic heterocycles. The lowest BCUT2D eigenvalue weighted by Gasteiger charge is -1.96. The van der Waals surface area contributed by atoms with Gasteiger partial charge >= 0.3 is 0 Å². The molecule has 15 heavy (non-hydrogen) atoms. The molecule has 0 unspecified atom stereocenters. The molecule has 0 saturated carbocycles. The molecule has 0 aliphatic rings. The smallest absolute Gasteiger partial charge is 0.100 e. The van der Waals surface area contributed by atoms with E-state index in [2.05, 4.69) is 39.0 Å². The number of aliphatic hydroxyl groups excluding tert-OH is 3. The van der Waals surface area contributed by atoms with Crippen molar-refractivity contribution in [3.05, 3.63) is 34.9 Å². The van der Waals surface area contributed by atoms with Gasteiger partial charge in [0.15, 0.2) is 0 Å². The van der Waals surface area contributed by atoms with Crippen LogP contribution < -0.4 is 0 Å². The van der Waals surface area contributed by atoms with Gasteiger partial charge in [-0.15, -0.1) is 0 Å². The standard InChI is InChI=1S/C9H12.C3H8O3/c1-7-4-8(2)6-9(3)5-7;4-1-3(6)2-5/h4-6H,1-3H3;3-6H,1-2H2. The zero-order valence-electron chi connectivity index (χ0n) is 9.57.